The van der Waals surface area contributed by atoms with Crippen LogP contribution in [0.25, 0.3) is 0 Å². The summed E-state index contributed by atoms with van der Waals surface area (Å²) < 4.78 is 5.31. The predicted molar refractivity (Wildman–Crippen MR) is 107 cm³/mol. The summed E-state index contributed by atoms with van der Waals surface area (Å²) in [5, 5.41) is 17.0. The second-order valence-electron chi connectivity index (χ2n) is 5.61. The molecule has 1 aliphatic heterocycles. The molecular weight excluding hydrogens is 425 g/mol. The highest BCUT2D eigenvalue weighted by Gasteiger charge is 2.29. The third kappa shape index (κ3) is 6.94. The number of nitrogens with zero attached hydrogens (tertiary/aromatic N) is 1. The lowest BCUT2D eigenvalue weighted by Crippen LogP contribution is -2.49. The maximum Gasteiger partial charge on any atom is 0.191 e. The van der Waals surface area contributed by atoms with Gasteiger partial charge in [0.15, 0.2) is 5.96 Å². The maximum absolute atomic E-state index is 10.5. The van der Waals surface area contributed by atoms with Gasteiger partial charge in [0.1, 0.15) is 0 Å². The molecule has 0 unspecified atom stereocenters. The van der Waals surface area contributed by atoms with Crippen molar-refractivity contribution in [3.63, 3.8) is 0 Å². The van der Waals surface area contributed by atoms with E-state index in [1.54, 1.807) is 0 Å². The standard InChI is InChI=1S/C16H27N3O2S.HI/c1-3-13-5-6-14(22-13)11-18-15(17-4-2)19-12-16(20)7-9-21-10-8-16;/h5-6,20H,3-4,7-12H2,1-2H3,(H2,17,18,19);1H. The SMILES string of the molecule is CCNC(=NCc1ccc(CC)s1)NCC1(O)CCOCC1.I. The molecule has 3 N–H and O–H groups in total. The number of nitrogens with one attached hydrogen (secondary N) is 2. The van der Waals surface area contributed by atoms with Crippen molar-refractivity contribution >= 4 is 41.3 Å². The molecule has 2 rings (SSSR count). The third-order valence-electron chi connectivity index (χ3n) is 3.81. The van der Waals surface area contributed by atoms with Crippen molar-refractivity contribution in [3.05, 3.63) is 21.9 Å². The largest absolute Gasteiger partial charge is 0.388 e. The molecule has 0 saturated carbocycles. The fourth-order valence-electron chi connectivity index (χ4n) is 2.37. The molecule has 23 heavy (non-hydrogen) atoms. The topological polar surface area (TPSA) is 65.9 Å². The van der Waals surface area contributed by atoms with Gasteiger partial charge in [-0.15, -0.1) is 35.3 Å². The zero-order chi connectivity index (χ0) is 15.8. The predicted octanol–water partition coefficient (Wildman–Crippen LogP) is 2.53. The second-order valence-corrected chi connectivity index (χ2v) is 6.86. The number of aliphatic imine (C=N–C) groups is 1. The van der Waals surface area contributed by atoms with Gasteiger partial charge in [0, 0.05) is 48.9 Å². The monoisotopic (exact) mass is 453 g/mol. The van der Waals surface area contributed by atoms with Gasteiger partial charge in [0.05, 0.1) is 12.1 Å². The highest BCUT2D eigenvalue weighted by atomic mass is 127. The minimum atomic E-state index is -0.688. The first-order valence-electron chi connectivity index (χ1n) is 8.05. The Morgan fingerprint density at radius 3 is 2.57 bits per heavy atom. The van der Waals surface area contributed by atoms with E-state index in [2.05, 4.69) is 34.7 Å². The van der Waals surface area contributed by atoms with Gasteiger partial charge in [-0.25, -0.2) is 4.99 Å². The highest BCUT2D eigenvalue weighted by Crippen LogP contribution is 2.19. The molecule has 1 aromatic heterocycles. The van der Waals surface area contributed by atoms with Gasteiger partial charge in [0.2, 0.25) is 0 Å². The second kappa shape index (κ2) is 10.5. The smallest absolute Gasteiger partial charge is 0.191 e. The number of thiophene rings is 1. The average molecular weight is 453 g/mol. The fourth-order valence-corrected chi connectivity index (χ4v) is 3.25. The van der Waals surface area contributed by atoms with Crippen molar-refractivity contribution in [2.75, 3.05) is 26.3 Å². The van der Waals surface area contributed by atoms with E-state index in [4.69, 9.17) is 4.74 Å². The quantitative estimate of drug-likeness (QED) is 0.352. The van der Waals surface area contributed by atoms with Gasteiger partial charge in [-0.1, -0.05) is 6.92 Å². The van der Waals surface area contributed by atoms with Crippen LogP contribution in [0.15, 0.2) is 17.1 Å². The van der Waals surface area contributed by atoms with E-state index in [-0.39, 0.29) is 24.0 Å². The van der Waals surface area contributed by atoms with E-state index in [0.29, 0.717) is 39.1 Å². The van der Waals surface area contributed by atoms with Crippen LogP contribution in [-0.4, -0.2) is 43.0 Å². The van der Waals surface area contributed by atoms with Crippen LogP contribution in [-0.2, 0) is 17.7 Å². The number of hydrogen-bond acceptors (Lipinski definition) is 4. The Morgan fingerprint density at radius 1 is 1.26 bits per heavy atom. The summed E-state index contributed by atoms with van der Waals surface area (Å²) in [5.74, 6) is 0.758. The molecule has 0 bridgehead atoms. The molecule has 0 spiro atoms. The Kier molecular flexibility index (Phi) is 9.41. The highest BCUT2D eigenvalue weighted by molar-refractivity contribution is 14.0. The number of guanidine groups is 1. The van der Waals surface area contributed by atoms with Crippen LogP contribution in [0.3, 0.4) is 0 Å². The maximum atomic E-state index is 10.5. The van der Waals surface area contributed by atoms with Gasteiger partial charge in [-0.2, -0.15) is 0 Å². The van der Waals surface area contributed by atoms with Crippen molar-refractivity contribution in [1.29, 1.82) is 0 Å². The Hall–Kier alpha value is -0.380. The third-order valence-corrected chi connectivity index (χ3v) is 5.03. The first kappa shape index (κ1) is 20.7. The number of ether oxygens (including phenoxy) is 1. The van der Waals surface area contributed by atoms with Crippen LogP contribution in [0.5, 0.6) is 0 Å². The van der Waals surface area contributed by atoms with Gasteiger partial charge >= 0.3 is 0 Å². The summed E-state index contributed by atoms with van der Waals surface area (Å²) in [6, 6.07) is 4.31. The van der Waals surface area contributed by atoms with Crippen molar-refractivity contribution in [2.45, 2.75) is 45.3 Å². The average Bonchev–Trinajstić information content (AvgIpc) is 2.99. The lowest BCUT2D eigenvalue weighted by atomic mass is 9.94. The van der Waals surface area contributed by atoms with Crippen LogP contribution in [0, 0.1) is 0 Å². The molecule has 2 heterocycles. The molecular formula is C16H28IN3O2S. The van der Waals surface area contributed by atoms with Crippen LogP contribution < -0.4 is 10.6 Å². The summed E-state index contributed by atoms with van der Waals surface area (Å²) >= 11 is 1.81. The summed E-state index contributed by atoms with van der Waals surface area (Å²) in [6.07, 6.45) is 2.41. The molecule has 132 valence electrons. The van der Waals surface area contributed by atoms with E-state index in [1.165, 1.54) is 9.75 Å². The van der Waals surface area contributed by atoms with E-state index in [9.17, 15) is 5.11 Å². The van der Waals surface area contributed by atoms with E-state index >= 15 is 0 Å². The molecule has 1 aromatic rings. The first-order chi connectivity index (χ1) is 10.6. The summed E-state index contributed by atoms with van der Waals surface area (Å²) in [4.78, 5) is 7.26. The molecule has 0 aromatic carbocycles. The zero-order valence-corrected chi connectivity index (χ0v) is 17.1. The molecule has 0 aliphatic carbocycles. The lowest BCUT2D eigenvalue weighted by Gasteiger charge is -2.32. The molecule has 0 atom stereocenters. The van der Waals surface area contributed by atoms with Crippen molar-refractivity contribution in [1.82, 2.24) is 10.6 Å². The molecule has 7 heteroatoms. The van der Waals surface area contributed by atoms with E-state index in [0.717, 1.165) is 18.9 Å². The molecule has 1 saturated heterocycles. The minimum absolute atomic E-state index is 0. The number of aryl methyl sites for hydroxylation is 1. The van der Waals surface area contributed by atoms with Gasteiger partial charge in [-0.3, -0.25) is 0 Å². The van der Waals surface area contributed by atoms with Crippen LogP contribution in [0.2, 0.25) is 0 Å². The Bertz CT molecular complexity index is 487. The number of hydrogen-bond donors (Lipinski definition) is 3. The van der Waals surface area contributed by atoms with E-state index < -0.39 is 5.60 Å². The van der Waals surface area contributed by atoms with E-state index in [1.807, 2.05) is 18.3 Å². The summed E-state index contributed by atoms with van der Waals surface area (Å²) in [6.45, 7) is 7.44. The first-order valence-corrected chi connectivity index (χ1v) is 8.87. The fraction of sp³-hybridized carbons (Fsp3) is 0.688. The molecule has 1 fully saturated rings. The molecule has 0 amide bonds. The molecule has 0 radical (unpaired) electrons. The van der Waals surface area contributed by atoms with Crippen LogP contribution >= 0.6 is 35.3 Å². The van der Waals surface area contributed by atoms with Crippen molar-refractivity contribution < 1.29 is 9.84 Å². The van der Waals surface area contributed by atoms with Crippen LogP contribution in [0.1, 0.15) is 36.4 Å². The normalized spacial score (nSPS) is 17.4. The number of rotatable bonds is 6. The Morgan fingerprint density at radius 2 is 1.96 bits per heavy atom. The summed E-state index contributed by atoms with van der Waals surface area (Å²) in [7, 11) is 0. The van der Waals surface area contributed by atoms with Gasteiger partial charge < -0.3 is 20.5 Å². The number of aliphatic hydroxyl groups is 1. The van der Waals surface area contributed by atoms with Gasteiger partial charge in [0.25, 0.3) is 0 Å². The van der Waals surface area contributed by atoms with Crippen molar-refractivity contribution in [3.8, 4) is 0 Å². The van der Waals surface area contributed by atoms with Crippen molar-refractivity contribution in [2.24, 2.45) is 4.99 Å². The Balaban J connectivity index is 0.00000264. The van der Waals surface area contributed by atoms with Gasteiger partial charge in [-0.05, 0) is 25.5 Å². The Labute approximate surface area is 159 Å². The minimum Gasteiger partial charge on any atom is -0.388 e. The number of halogens is 1. The molecule has 5 nitrogen and oxygen atoms in total. The lowest BCUT2D eigenvalue weighted by molar-refractivity contribution is -0.0594. The van der Waals surface area contributed by atoms with Crippen LogP contribution in [0.4, 0.5) is 0 Å². The summed E-state index contributed by atoms with van der Waals surface area (Å²) in [5.41, 5.74) is -0.688. The molecule has 1 aliphatic rings. The zero-order valence-electron chi connectivity index (χ0n) is 13.9.